The van der Waals surface area contributed by atoms with Gasteiger partial charge in [0.25, 0.3) is 12.1 Å². The van der Waals surface area contributed by atoms with Crippen LogP contribution in [0.1, 0.15) is 17.8 Å². The third-order valence-corrected chi connectivity index (χ3v) is 4.20. The summed E-state index contributed by atoms with van der Waals surface area (Å²) in [5, 5.41) is 17.5. The molecular formula is C20H18F2N4O5. The van der Waals surface area contributed by atoms with E-state index < -0.39 is 22.9 Å². The van der Waals surface area contributed by atoms with Crippen LogP contribution >= 0.6 is 0 Å². The van der Waals surface area contributed by atoms with Crippen molar-refractivity contribution in [2.45, 2.75) is 19.9 Å². The van der Waals surface area contributed by atoms with E-state index >= 15 is 0 Å². The molecule has 0 saturated heterocycles. The van der Waals surface area contributed by atoms with Crippen molar-refractivity contribution in [3.8, 4) is 17.2 Å². The number of alkyl halides is 2. The molecule has 9 nitrogen and oxygen atoms in total. The molecule has 0 saturated carbocycles. The number of amides is 1. The number of non-ortho nitro benzene ring substituents is 1. The molecule has 1 amide bonds. The minimum Gasteiger partial charge on any atom is -0.493 e. The van der Waals surface area contributed by atoms with Crippen LogP contribution in [0.3, 0.4) is 0 Å². The lowest BCUT2D eigenvalue weighted by atomic mass is 10.2. The van der Waals surface area contributed by atoms with Crippen molar-refractivity contribution in [1.82, 2.24) is 9.78 Å². The standard InChI is InChI=1S/C20H18F2N4O5/c1-12-7-16(20(21)22)24-25(12)11-19(27)23-13-8-14(26(28)29)10-15(9-13)31-18-6-4-3-5-17(18)30-2/h3-10,20H,11H2,1-2H3,(H,23,27). The number of aryl methyl sites for hydroxylation is 1. The number of para-hydroxylation sites is 2. The lowest BCUT2D eigenvalue weighted by Gasteiger charge is -2.12. The summed E-state index contributed by atoms with van der Waals surface area (Å²) in [5.41, 5.74) is -0.265. The predicted molar refractivity (Wildman–Crippen MR) is 107 cm³/mol. The minimum atomic E-state index is -2.76. The van der Waals surface area contributed by atoms with Crippen molar-refractivity contribution in [3.63, 3.8) is 0 Å². The van der Waals surface area contributed by atoms with E-state index in [4.69, 9.17) is 9.47 Å². The number of nitrogens with zero attached hydrogens (tertiary/aromatic N) is 3. The zero-order valence-electron chi connectivity index (χ0n) is 16.5. The van der Waals surface area contributed by atoms with Crippen molar-refractivity contribution in [2.75, 3.05) is 12.4 Å². The Hall–Kier alpha value is -4.02. The molecule has 1 N–H and O–H groups in total. The van der Waals surface area contributed by atoms with Gasteiger partial charge in [-0.1, -0.05) is 12.1 Å². The summed E-state index contributed by atoms with van der Waals surface area (Å²) in [4.78, 5) is 23.0. The summed E-state index contributed by atoms with van der Waals surface area (Å²) in [6.45, 7) is 1.20. The summed E-state index contributed by atoms with van der Waals surface area (Å²) in [7, 11) is 1.46. The van der Waals surface area contributed by atoms with Gasteiger partial charge in [-0.25, -0.2) is 8.78 Å². The van der Waals surface area contributed by atoms with Gasteiger partial charge >= 0.3 is 0 Å². The Morgan fingerprint density at radius 2 is 1.94 bits per heavy atom. The molecule has 162 valence electrons. The van der Waals surface area contributed by atoms with E-state index in [9.17, 15) is 23.7 Å². The van der Waals surface area contributed by atoms with Crippen LogP contribution in [-0.2, 0) is 11.3 Å². The molecule has 0 spiro atoms. The van der Waals surface area contributed by atoms with Crippen LogP contribution < -0.4 is 14.8 Å². The van der Waals surface area contributed by atoms with Crippen molar-refractivity contribution in [2.24, 2.45) is 0 Å². The third-order valence-electron chi connectivity index (χ3n) is 4.20. The molecule has 0 unspecified atom stereocenters. The second-order valence-corrected chi connectivity index (χ2v) is 6.44. The van der Waals surface area contributed by atoms with Crippen LogP contribution in [0.2, 0.25) is 0 Å². The molecule has 1 heterocycles. The maximum absolute atomic E-state index is 12.8. The number of methoxy groups -OCH3 is 1. The fourth-order valence-electron chi connectivity index (χ4n) is 2.79. The fraction of sp³-hybridized carbons (Fsp3) is 0.200. The topological polar surface area (TPSA) is 109 Å². The van der Waals surface area contributed by atoms with Crippen LogP contribution in [0.4, 0.5) is 20.2 Å². The summed E-state index contributed by atoms with van der Waals surface area (Å²) in [6.07, 6.45) is -2.76. The summed E-state index contributed by atoms with van der Waals surface area (Å²) in [6, 6.07) is 11.7. The number of halogens is 2. The number of hydrogen-bond donors (Lipinski definition) is 1. The first kappa shape index (κ1) is 21.7. The first-order valence-electron chi connectivity index (χ1n) is 8.99. The molecule has 2 aromatic carbocycles. The highest BCUT2D eigenvalue weighted by atomic mass is 19.3. The largest absolute Gasteiger partial charge is 0.493 e. The number of anilines is 1. The van der Waals surface area contributed by atoms with E-state index in [2.05, 4.69) is 10.4 Å². The first-order valence-corrected chi connectivity index (χ1v) is 8.99. The van der Waals surface area contributed by atoms with Crippen LogP contribution in [0, 0.1) is 17.0 Å². The monoisotopic (exact) mass is 432 g/mol. The van der Waals surface area contributed by atoms with Crippen molar-refractivity contribution in [1.29, 1.82) is 0 Å². The second kappa shape index (κ2) is 9.20. The Balaban J connectivity index is 1.82. The Morgan fingerprint density at radius 3 is 2.55 bits per heavy atom. The average Bonchev–Trinajstić information content (AvgIpc) is 3.08. The average molecular weight is 432 g/mol. The number of nitrogens with one attached hydrogen (secondary N) is 1. The van der Waals surface area contributed by atoms with E-state index in [0.29, 0.717) is 17.2 Å². The van der Waals surface area contributed by atoms with E-state index in [1.54, 1.807) is 31.2 Å². The van der Waals surface area contributed by atoms with E-state index in [0.717, 1.165) is 10.7 Å². The summed E-state index contributed by atoms with van der Waals surface area (Å²) in [5.74, 6) is 0.248. The second-order valence-electron chi connectivity index (χ2n) is 6.44. The number of nitro benzene ring substituents is 1. The molecule has 0 fully saturated rings. The molecule has 0 aliphatic carbocycles. The Labute approximate surface area is 175 Å². The molecule has 0 atom stereocenters. The molecule has 3 aromatic rings. The normalized spacial score (nSPS) is 10.7. The molecule has 3 rings (SSSR count). The molecule has 0 aliphatic heterocycles. The molecule has 0 radical (unpaired) electrons. The van der Waals surface area contributed by atoms with E-state index in [1.165, 1.54) is 25.3 Å². The molecule has 31 heavy (non-hydrogen) atoms. The molecule has 0 bridgehead atoms. The Bertz CT molecular complexity index is 1120. The molecule has 1 aromatic heterocycles. The van der Waals surface area contributed by atoms with Gasteiger partial charge in [0.1, 0.15) is 18.0 Å². The van der Waals surface area contributed by atoms with Crippen molar-refractivity contribution < 1.29 is 28.0 Å². The minimum absolute atomic E-state index is 0.1000. The number of benzene rings is 2. The highest BCUT2D eigenvalue weighted by Gasteiger charge is 2.17. The highest BCUT2D eigenvalue weighted by Crippen LogP contribution is 2.34. The quantitative estimate of drug-likeness (QED) is 0.415. The number of carbonyl (C=O) groups excluding carboxylic acids is 1. The number of aromatic nitrogens is 2. The predicted octanol–water partition coefficient (Wildman–Crippen LogP) is 4.48. The van der Waals surface area contributed by atoms with Gasteiger partial charge in [-0.05, 0) is 25.1 Å². The summed E-state index contributed by atoms with van der Waals surface area (Å²) >= 11 is 0. The van der Waals surface area contributed by atoms with Crippen LogP contribution in [-0.4, -0.2) is 27.7 Å². The lowest BCUT2D eigenvalue weighted by molar-refractivity contribution is -0.384. The Morgan fingerprint density at radius 1 is 1.23 bits per heavy atom. The van der Waals surface area contributed by atoms with Crippen LogP contribution in [0.15, 0.2) is 48.5 Å². The zero-order valence-corrected chi connectivity index (χ0v) is 16.5. The van der Waals surface area contributed by atoms with E-state index in [1.807, 2.05) is 0 Å². The van der Waals surface area contributed by atoms with Crippen LogP contribution in [0.25, 0.3) is 0 Å². The smallest absolute Gasteiger partial charge is 0.282 e. The van der Waals surface area contributed by atoms with Gasteiger partial charge in [0.2, 0.25) is 5.91 Å². The molecular weight excluding hydrogens is 414 g/mol. The first-order chi connectivity index (χ1) is 14.8. The number of nitro groups is 1. The van der Waals surface area contributed by atoms with Gasteiger partial charge in [0.05, 0.1) is 23.8 Å². The third kappa shape index (κ3) is 5.32. The van der Waals surface area contributed by atoms with Gasteiger partial charge in [-0.3, -0.25) is 19.6 Å². The van der Waals surface area contributed by atoms with Gasteiger partial charge in [0, 0.05) is 17.8 Å². The number of carbonyl (C=O) groups is 1. The van der Waals surface area contributed by atoms with Gasteiger partial charge in [0.15, 0.2) is 11.5 Å². The molecule has 11 heteroatoms. The van der Waals surface area contributed by atoms with Crippen LogP contribution in [0.5, 0.6) is 17.2 Å². The maximum atomic E-state index is 12.8. The number of ether oxygens (including phenoxy) is 2. The maximum Gasteiger partial charge on any atom is 0.282 e. The SMILES string of the molecule is COc1ccccc1Oc1cc(NC(=O)Cn2nc(C(F)F)cc2C)cc([N+](=O)[O-])c1. The van der Waals surface area contributed by atoms with Crippen molar-refractivity contribution in [3.05, 3.63) is 70.0 Å². The lowest BCUT2D eigenvalue weighted by Crippen LogP contribution is -2.20. The van der Waals surface area contributed by atoms with Gasteiger partial charge in [-0.15, -0.1) is 0 Å². The summed E-state index contributed by atoms with van der Waals surface area (Å²) < 4.78 is 37.6. The number of rotatable bonds is 8. The Kier molecular flexibility index (Phi) is 6.43. The van der Waals surface area contributed by atoms with E-state index in [-0.39, 0.29) is 23.7 Å². The number of hydrogen-bond acceptors (Lipinski definition) is 6. The van der Waals surface area contributed by atoms with Crippen molar-refractivity contribution >= 4 is 17.3 Å². The molecule has 0 aliphatic rings. The zero-order chi connectivity index (χ0) is 22.5. The van der Waals surface area contributed by atoms with Gasteiger partial charge < -0.3 is 14.8 Å². The fourth-order valence-corrected chi connectivity index (χ4v) is 2.79. The van der Waals surface area contributed by atoms with Gasteiger partial charge in [-0.2, -0.15) is 5.10 Å². The highest BCUT2D eigenvalue weighted by molar-refractivity contribution is 5.91.